The Labute approximate surface area is 84.6 Å². The highest BCUT2D eigenvalue weighted by Gasteiger charge is 2.17. The third kappa shape index (κ3) is 2.06. The summed E-state index contributed by atoms with van der Waals surface area (Å²) in [4.78, 5) is 0. The van der Waals surface area contributed by atoms with Crippen LogP contribution in [0.15, 0.2) is 34.6 Å². The van der Waals surface area contributed by atoms with Crippen molar-refractivity contribution in [3.8, 4) is 0 Å². The third-order valence-corrected chi connectivity index (χ3v) is 2.63. The van der Waals surface area contributed by atoms with E-state index in [4.69, 9.17) is 0 Å². The molecule has 0 aliphatic heterocycles. The maximum absolute atomic E-state index is 12.7. The Morgan fingerprint density at radius 1 is 1.57 bits per heavy atom. The van der Waals surface area contributed by atoms with Crippen LogP contribution in [0.5, 0.6) is 0 Å². The van der Waals surface area contributed by atoms with Crippen molar-refractivity contribution < 1.29 is 9.50 Å². The first-order chi connectivity index (χ1) is 6.60. The van der Waals surface area contributed by atoms with Gasteiger partial charge in [0.2, 0.25) is 0 Å². The summed E-state index contributed by atoms with van der Waals surface area (Å²) in [6.45, 7) is 5.46. The van der Waals surface area contributed by atoms with Crippen molar-refractivity contribution in [2.45, 2.75) is 27.2 Å². The molecule has 0 saturated heterocycles. The van der Waals surface area contributed by atoms with Crippen molar-refractivity contribution in [3.63, 3.8) is 0 Å². The van der Waals surface area contributed by atoms with Crippen LogP contribution < -0.4 is 0 Å². The Bertz CT molecular complexity index is 304. The van der Waals surface area contributed by atoms with E-state index in [0.717, 1.165) is 23.1 Å². The predicted octanol–water partition coefficient (Wildman–Crippen LogP) is 3.70. The minimum atomic E-state index is -0.393. The zero-order valence-electron chi connectivity index (χ0n) is 8.97. The lowest BCUT2D eigenvalue weighted by atomic mass is 9.85. The molecule has 1 rings (SSSR count). The smallest absolute Gasteiger partial charge is 0.112 e. The van der Waals surface area contributed by atoms with Crippen LogP contribution in [-0.2, 0) is 0 Å². The zero-order valence-corrected chi connectivity index (χ0v) is 8.97. The Balaban J connectivity index is 3.13. The molecule has 2 heteroatoms. The van der Waals surface area contributed by atoms with Gasteiger partial charge in [0.05, 0.1) is 0 Å². The number of alkyl halides is 1. The van der Waals surface area contributed by atoms with E-state index in [0.29, 0.717) is 0 Å². The molecule has 78 valence electrons. The maximum atomic E-state index is 12.7. The highest BCUT2D eigenvalue weighted by Crippen LogP contribution is 2.31. The van der Waals surface area contributed by atoms with Gasteiger partial charge < -0.3 is 5.11 Å². The Kier molecular flexibility index (Phi) is 3.50. The van der Waals surface area contributed by atoms with E-state index >= 15 is 0 Å². The van der Waals surface area contributed by atoms with E-state index in [1.165, 1.54) is 0 Å². The van der Waals surface area contributed by atoms with E-state index < -0.39 is 6.67 Å². The fraction of sp³-hybridized carbons (Fsp3) is 0.500. The number of aliphatic hydroxyl groups excluding tert-OH is 1. The van der Waals surface area contributed by atoms with Crippen LogP contribution in [0, 0.1) is 5.92 Å². The summed E-state index contributed by atoms with van der Waals surface area (Å²) in [5.74, 6) is 0.402. The van der Waals surface area contributed by atoms with Crippen molar-refractivity contribution in [2.24, 2.45) is 5.92 Å². The van der Waals surface area contributed by atoms with Gasteiger partial charge in [-0.3, -0.25) is 0 Å². The molecule has 0 spiro atoms. The SMILES string of the molecule is CC/C(CF)=C1\C(C)=CC(O)=CC1C. The van der Waals surface area contributed by atoms with Crippen molar-refractivity contribution in [1.82, 2.24) is 0 Å². The van der Waals surface area contributed by atoms with E-state index in [1.54, 1.807) is 12.2 Å². The molecular weight excluding hydrogens is 179 g/mol. The van der Waals surface area contributed by atoms with Gasteiger partial charge in [0, 0.05) is 5.92 Å². The Morgan fingerprint density at radius 2 is 2.21 bits per heavy atom. The number of aliphatic hydroxyl groups is 1. The van der Waals surface area contributed by atoms with Gasteiger partial charge in [-0.25, -0.2) is 4.39 Å². The van der Waals surface area contributed by atoms with Crippen LogP contribution in [-0.4, -0.2) is 11.8 Å². The normalized spacial score (nSPS) is 25.6. The highest BCUT2D eigenvalue weighted by atomic mass is 19.1. The number of hydrogen-bond acceptors (Lipinski definition) is 1. The molecule has 1 nitrogen and oxygen atoms in total. The monoisotopic (exact) mass is 196 g/mol. The molecule has 0 saturated carbocycles. The molecule has 1 aliphatic rings. The van der Waals surface area contributed by atoms with E-state index in [9.17, 15) is 9.50 Å². The third-order valence-electron chi connectivity index (χ3n) is 2.63. The van der Waals surface area contributed by atoms with Crippen LogP contribution in [0.3, 0.4) is 0 Å². The first-order valence-corrected chi connectivity index (χ1v) is 4.97. The summed E-state index contributed by atoms with van der Waals surface area (Å²) in [7, 11) is 0. The summed E-state index contributed by atoms with van der Waals surface area (Å²) in [5, 5.41) is 9.36. The molecule has 0 aromatic heterocycles. The molecule has 0 radical (unpaired) electrons. The second-order valence-corrected chi connectivity index (χ2v) is 3.71. The molecule has 0 aromatic carbocycles. The molecule has 0 bridgehead atoms. The van der Waals surface area contributed by atoms with Gasteiger partial charge >= 0.3 is 0 Å². The van der Waals surface area contributed by atoms with E-state index in [1.807, 2.05) is 20.8 Å². The molecular formula is C12H17FO. The van der Waals surface area contributed by atoms with Gasteiger partial charge in [-0.2, -0.15) is 0 Å². The summed E-state index contributed by atoms with van der Waals surface area (Å²) in [6.07, 6.45) is 4.18. The van der Waals surface area contributed by atoms with Crippen molar-refractivity contribution in [2.75, 3.05) is 6.67 Å². The van der Waals surface area contributed by atoms with Crippen molar-refractivity contribution >= 4 is 0 Å². The fourth-order valence-corrected chi connectivity index (χ4v) is 2.00. The highest BCUT2D eigenvalue weighted by molar-refractivity contribution is 5.44. The number of allylic oxidation sites excluding steroid dienone is 5. The number of rotatable bonds is 2. The zero-order chi connectivity index (χ0) is 10.7. The van der Waals surface area contributed by atoms with Gasteiger partial charge in [-0.05, 0) is 42.2 Å². The fourth-order valence-electron chi connectivity index (χ4n) is 2.00. The second kappa shape index (κ2) is 4.45. The molecule has 1 unspecified atom stereocenters. The molecule has 0 amide bonds. The second-order valence-electron chi connectivity index (χ2n) is 3.71. The van der Waals surface area contributed by atoms with Crippen LogP contribution >= 0.6 is 0 Å². The molecule has 14 heavy (non-hydrogen) atoms. The first kappa shape index (κ1) is 11.0. The average molecular weight is 196 g/mol. The molecule has 1 aliphatic carbocycles. The van der Waals surface area contributed by atoms with Crippen molar-refractivity contribution in [1.29, 1.82) is 0 Å². The van der Waals surface area contributed by atoms with Crippen LogP contribution in [0.25, 0.3) is 0 Å². The molecule has 1 N–H and O–H groups in total. The van der Waals surface area contributed by atoms with E-state index in [-0.39, 0.29) is 11.7 Å². The lowest BCUT2D eigenvalue weighted by Gasteiger charge is -2.21. The van der Waals surface area contributed by atoms with Gasteiger partial charge in [-0.15, -0.1) is 0 Å². The van der Waals surface area contributed by atoms with Crippen LogP contribution in [0.2, 0.25) is 0 Å². The summed E-state index contributed by atoms with van der Waals surface area (Å²) < 4.78 is 12.7. The predicted molar refractivity (Wildman–Crippen MR) is 56.9 cm³/mol. The number of hydrogen-bond donors (Lipinski definition) is 1. The van der Waals surface area contributed by atoms with Gasteiger partial charge in [0.25, 0.3) is 0 Å². The standard InChI is InChI=1S/C12H17FO/c1-4-10(7-13)12-8(2)5-11(14)6-9(12)3/h5-6,8,14H,4,7H2,1-3H3/b12-10+. The molecule has 0 aromatic rings. The summed E-state index contributed by atoms with van der Waals surface area (Å²) >= 11 is 0. The lowest BCUT2D eigenvalue weighted by molar-refractivity contribution is 0.422. The summed E-state index contributed by atoms with van der Waals surface area (Å²) in [6, 6.07) is 0. The average Bonchev–Trinajstić information content (AvgIpc) is 2.10. The lowest BCUT2D eigenvalue weighted by Crippen LogP contribution is -2.08. The Hall–Kier alpha value is -1.05. The minimum Gasteiger partial charge on any atom is -0.508 e. The van der Waals surface area contributed by atoms with Crippen LogP contribution in [0.1, 0.15) is 27.2 Å². The van der Waals surface area contributed by atoms with Gasteiger partial charge in [-0.1, -0.05) is 13.8 Å². The van der Waals surface area contributed by atoms with Gasteiger partial charge in [0.15, 0.2) is 0 Å². The topological polar surface area (TPSA) is 20.2 Å². The van der Waals surface area contributed by atoms with Crippen LogP contribution in [0.4, 0.5) is 4.39 Å². The molecule has 0 fully saturated rings. The maximum Gasteiger partial charge on any atom is 0.112 e. The summed E-state index contributed by atoms with van der Waals surface area (Å²) in [5.41, 5.74) is 2.87. The number of halogens is 1. The van der Waals surface area contributed by atoms with Crippen molar-refractivity contribution in [3.05, 3.63) is 34.6 Å². The molecule has 1 atom stereocenters. The first-order valence-electron chi connectivity index (χ1n) is 4.97. The Morgan fingerprint density at radius 3 is 2.64 bits per heavy atom. The molecule has 0 heterocycles. The van der Waals surface area contributed by atoms with E-state index in [2.05, 4.69) is 0 Å². The minimum absolute atomic E-state index is 0.116. The largest absolute Gasteiger partial charge is 0.508 e. The van der Waals surface area contributed by atoms with Gasteiger partial charge in [0.1, 0.15) is 12.4 Å². The quantitative estimate of drug-likeness (QED) is 0.714.